The van der Waals surface area contributed by atoms with Gasteiger partial charge in [-0.25, -0.2) is 4.98 Å². The molecule has 0 spiro atoms. The number of carbonyl (C=O) groups excluding carboxylic acids is 1. The monoisotopic (exact) mass is 387 g/mol. The Morgan fingerprint density at radius 3 is 2.63 bits per heavy atom. The molecule has 0 bridgehead atoms. The number of anilines is 1. The summed E-state index contributed by atoms with van der Waals surface area (Å²) in [5.41, 5.74) is 2.03. The lowest BCUT2D eigenvalue weighted by Gasteiger charge is -2.38. The van der Waals surface area contributed by atoms with Gasteiger partial charge in [-0.3, -0.25) is 4.79 Å². The molecule has 0 saturated carbocycles. The van der Waals surface area contributed by atoms with Crippen molar-refractivity contribution in [3.05, 3.63) is 59.4 Å². The van der Waals surface area contributed by atoms with E-state index in [1.165, 1.54) is 12.7 Å². The summed E-state index contributed by atoms with van der Waals surface area (Å²) in [7, 11) is 1.53. The van der Waals surface area contributed by atoms with Gasteiger partial charge in [0, 0.05) is 39.0 Å². The van der Waals surface area contributed by atoms with Gasteiger partial charge in [0.25, 0.3) is 5.91 Å². The number of halogens is 1. The maximum absolute atomic E-state index is 12.7. The molecule has 1 aliphatic rings. The van der Waals surface area contributed by atoms with E-state index in [9.17, 15) is 4.79 Å². The number of ether oxygens (including phenoxy) is 1. The van der Waals surface area contributed by atoms with Crippen LogP contribution >= 0.6 is 11.6 Å². The van der Waals surface area contributed by atoms with E-state index in [0.717, 1.165) is 38.9 Å². The molecule has 1 aliphatic heterocycles. The Kier molecular flexibility index (Phi) is 7.21. The first-order valence-corrected chi connectivity index (χ1v) is 9.74. The third-order valence-electron chi connectivity index (χ3n) is 5.02. The molecule has 1 fully saturated rings. The minimum Gasteiger partial charge on any atom is -0.375 e. The van der Waals surface area contributed by atoms with E-state index in [0.29, 0.717) is 10.8 Å². The molecule has 144 valence electrons. The maximum Gasteiger partial charge on any atom is 0.253 e. The van der Waals surface area contributed by atoms with E-state index in [2.05, 4.69) is 34.1 Å². The molecule has 0 radical (unpaired) electrons. The standard InChI is InChI=1S/C21H26ClN3O2/c1-27-16-20(26)25(19-8-5-12-23-21(19)22)18-10-14-24(15-11-18)13-9-17-6-3-2-4-7-17/h2-8,12,18H,9-11,13-16H2,1H3. The van der Waals surface area contributed by atoms with Crippen LogP contribution in [0.25, 0.3) is 0 Å². The minimum atomic E-state index is -0.0739. The van der Waals surface area contributed by atoms with Crippen LogP contribution in [0.15, 0.2) is 48.7 Å². The van der Waals surface area contributed by atoms with Crippen molar-refractivity contribution < 1.29 is 9.53 Å². The van der Waals surface area contributed by atoms with Gasteiger partial charge < -0.3 is 14.5 Å². The van der Waals surface area contributed by atoms with Crippen LogP contribution in [0.3, 0.4) is 0 Å². The molecule has 0 atom stereocenters. The Bertz CT molecular complexity index is 733. The van der Waals surface area contributed by atoms with Crippen molar-refractivity contribution in [3.8, 4) is 0 Å². The van der Waals surface area contributed by atoms with Gasteiger partial charge in [-0.05, 0) is 37.0 Å². The summed E-state index contributed by atoms with van der Waals surface area (Å²) >= 11 is 6.27. The molecule has 6 heteroatoms. The normalized spacial score (nSPS) is 15.6. The maximum atomic E-state index is 12.7. The number of hydrogen-bond donors (Lipinski definition) is 0. The van der Waals surface area contributed by atoms with Gasteiger partial charge in [0.2, 0.25) is 0 Å². The van der Waals surface area contributed by atoms with Crippen LogP contribution in [0, 0.1) is 0 Å². The van der Waals surface area contributed by atoms with Gasteiger partial charge in [-0.1, -0.05) is 41.9 Å². The highest BCUT2D eigenvalue weighted by Gasteiger charge is 2.30. The minimum absolute atomic E-state index is 0.0411. The molecule has 2 aromatic rings. The Balaban J connectivity index is 1.62. The van der Waals surface area contributed by atoms with E-state index in [4.69, 9.17) is 16.3 Å². The summed E-state index contributed by atoms with van der Waals surface area (Å²) in [4.78, 5) is 21.1. The molecule has 1 saturated heterocycles. The first kappa shape index (κ1) is 19.8. The van der Waals surface area contributed by atoms with Gasteiger partial charge in [0.15, 0.2) is 5.15 Å². The van der Waals surface area contributed by atoms with Gasteiger partial charge in [0.1, 0.15) is 6.61 Å². The highest BCUT2D eigenvalue weighted by atomic mass is 35.5. The first-order chi connectivity index (χ1) is 13.2. The zero-order valence-electron chi connectivity index (χ0n) is 15.7. The number of rotatable bonds is 7. The molecular formula is C21H26ClN3O2. The Morgan fingerprint density at radius 1 is 1.22 bits per heavy atom. The predicted molar refractivity (Wildman–Crippen MR) is 108 cm³/mol. The highest BCUT2D eigenvalue weighted by molar-refractivity contribution is 6.32. The third kappa shape index (κ3) is 5.28. The van der Waals surface area contributed by atoms with Crippen LogP contribution in [-0.2, 0) is 16.0 Å². The highest BCUT2D eigenvalue weighted by Crippen LogP contribution is 2.29. The largest absolute Gasteiger partial charge is 0.375 e. The summed E-state index contributed by atoms with van der Waals surface area (Å²) < 4.78 is 5.08. The van der Waals surface area contributed by atoms with E-state index in [1.807, 2.05) is 18.2 Å². The van der Waals surface area contributed by atoms with Crippen LogP contribution in [0.4, 0.5) is 5.69 Å². The lowest BCUT2D eigenvalue weighted by molar-refractivity contribution is -0.122. The molecule has 1 aromatic carbocycles. The number of piperidine rings is 1. The van der Waals surface area contributed by atoms with Gasteiger partial charge >= 0.3 is 0 Å². The number of pyridine rings is 1. The van der Waals surface area contributed by atoms with Gasteiger partial charge in [-0.15, -0.1) is 0 Å². The fraction of sp³-hybridized carbons (Fsp3) is 0.429. The SMILES string of the molecule is COCC(=O)N(c1cccnc1Cl)C1CCN(CCc2ccccc2)CC1. The van der Waals surface area contributed by atoms with Crippen LogP contribution in [-0.4, -0.2) is 55.2 Å². The zero-order valence-corrected chi connectivity index (χ0v) is 16.4. The zero-order chi connectivity index (χ0) is 19.1. The van der Waals surface area contributed by atoms with E-state index in [1.54, 1.807) is 11.1 Å². The summed E-state index contributed by atoms with van der Waals surface area (Å²) in [6.07, 6.45) is 4.51. The van der Waals surface area contributed by atoms with Crippen LogP contribution in [0.2, 0.25) is 5.15 Å². The Morgan fingerprint density at radius 2 is 1.96 bits per heavy atom. The van der Waals surface area contributed by atoms with Crippen LogP contribution in [0.5, 0.6) is 0 Å². The second kappa shape index (κ2) is 9.83. The fourth-order valence-corrected chi connectivity index (χ4v) is 3.83. The first-order valence-electron chi connectivity index (χ1n) is 9.37. The smallest absolute Gasteiger partial charge is 0.253 e. The molecule has 0 unspecified atom stereocenters. The number of methoxy groups -OCH3 is 1. The number of amides is 1. The molecule has 0 aliphatic carbocycles. The number of carbonyl (C=O) groups is 1. The summed E-state index contributed by atoms with van der Waals surface area (Å²) in [5, 5.41) is 0.355. The van der Waals surface area contributed by atoms with Crippen molar-refractivity contribution in [2.45, 2.75) is 25.3 Å². The summed E-state index contributed by atoms with van der Waals surface area (Å²) in [6, 6.07) is 14.3. The molecule has 2 heterocycles. The quantitative estimate of drug-likeness (QED) is 0.683. The second-order valence-electron chi connectivity index (χ2n) is 6.82. The number of benzene rings is 1. The summed E-state index contributed by atoms with van der Waals surface area (Å²) in [5.74, 6) is -0.0739. The van der Waals surface area contributed by atoms with E-state index >= 15 is 0 Å². The average Bonchev–Trinajstić information content (AvgIpc) is 2.70. The van der Waals surface area contributed by atoms with Crippen molar-refractivity contribution in [3.63, 3.8) is 0 Å². The number of hydrogen-bond acceptors (Lipinski definition) is 4. The van der Waals surface area contributed by atoms with Gasteiger partial charge in [0.05, 0.1) is 5.69 Å². The third-order valence-corrected chi connectivity index (χ3v) is 5.31. The molecule has 27 heavy (non-hydrogen) atoms. The summed E-state index contributed by atoms with van der Waals surface area (Å²) in [6.45, 7) is 3.01. The number of likely N-dealkylation sites (tertiary alicyclic amines) is 1. The molecule has 5 nitrogen and oxygen atoms in total. The lowest BCUT2D eigenvalue weighted by Crippen LogP contribution is -2.49. The molecule has 0 N–H and O–H groups in total. The molecule has 1 aromatic heterocycles. The molecule has 1 amide bonds. The lowest BCUT2D eigenvalue weighted by atomic mass is 10.0. The molecule has 3 rings (SSSR count). The van der Waals surface area contributed by atoms with Crippen LogP contribution in [0.1, 0.15) is 18.4 Å². The molecular weight excluding hydrogens is 362 g/mol. The Labute approximate surface area is 165 Å². The van der Waals surface area contributed by atoms with Crippen molar-refractivity contribution in [1.29, 1.82) is 0 Å². The van der Waals surface area contributed by atoms with E-state index < -0.39 is 0 Å². The predicted octanol–water partition coefficient (Wildman–Crippen LogP) is 3.42. The number of nitrogens with zero attached hydrogens (tertiary/aromatic N) is 3. The van der Waals surface area contributed by atoms with Crippen molar-refractivity contribution in [2.24, 2.45) is 0 Å². The Hall–Kier alpha value is -1.95. The number of aromatic nitrogens is 1. The topological polar surface area (TPSA) is 45.7 Å². The van der Waals surface area contributed by atoms with E-state index in [-0.39, 0.29) is 18.6 Å². The van der Waals surface area contributed by atoms with Crippen molar-refractivity contribution in [2.75, 3.05) is 38.3 Å². The average molecular weight is 388 g/mol. The van der Waals surface area contributed by atoms with Crippen molar-refractivity contribution >= 4 is 23.2 Å². The fourth-order valence-electron chi connectivity index (χ4n) is 3.62. The van der Waals surface area contributed by atoms with Crippen LogP contribution < -0.4 is 4.90 Å². The second-order valence-corrected chi connectivity index (χ2v) is 7.18. The van der Waals surface area contributed by atoms with Gasteiger partial charge in [-0.2, -0.15) is 0 Å². The van der Waals surface area contributed by atoms with Crippen molar-refractivity contribution in [1.82, 2.24) is 9.88 Å².